The van der Waals surface area contributed by atoms with E-state index in [-0.39, 0.29) is 11.6 Å². The van der Waals surface area contributed by atoms with Gasteiger partial charge in [-0.15, -0.1) is 0 Å². The van der Waals surface area contributed by atoms with E-state index >= 15 is 0 Å². The van der Waals surface area contributed by atoms with Gasteiger partial charge in [-0.25, -0.2) is 0 Å². The van der Waals surface area contributed by atoms with Crippen molar-refractivity contribution in [1.82, 2.24) is 0 Å². The molecular formula is C16H8Cl2O2S. The van der Waals surface area contributed by atoms with Crippen LogP contribution in [0.15, 0.2) is 57.3 Å². The Morgan fingerprint density at radius 2 is 1.52 bits per heavy atom. The minimum atomic E-state index is -0.165. The van der Waals surface area contributed by atoms with E-state index in [0.29, 0.717) is 31.5 Å². The number of rotatable bonds is 2. The van der Waals surface area contributed by atoms with Crippen LogP contribution >= 0.6 is 35.0 Å². The van der Waals surface area contributed by atoms with E-state index in [0.717, 1.165) is 11.8 Å². The van der Waals surface area contributed by atoms with Gasteiger partial charge in [-0.1, -0.05) is 71.4 Å². The zero-order chi connectivity index (χ0) is 15.0. The lowest BCUT2D eigenvalue weighted by Crippen LogP contribution is -2.21. The number of thioether (sulfide) groups is 1. The molecule has 0 bridgehead atoms. The maximum absolute atomic E-state index is 12.7. The second kappa shape index (κ2) is 5.68. The predicted octanol–water partition coefficient (Wildman–Crippen LogP) is 4.83. The van der Waals surface area contributed by atoms with Crippen molar-refractivity contribution in [3.05, 3.63) is 74.6 Å². The topological polar surface area (TPSA) is 34.1 Å². The summed E-state index contributed by atoms with van der Waals surface area (Å²) in [6, 6.07) is 12.0. The van der Waals surface area contributed by atoms with Gasteiger partial charge in [-0.3, -0.25) is 9.59 Å². The zero-order valence-electron chi connectivity index (χ0n) is 10.6. The molecule has 0 amide bonds. The van der Waals surface area contributed by atoms with Gasteiger partial charge in [0, 0.05) is 32.7 Å². The third-order valence-corrected chi connectivity index (χ3v) is 4.88. The molecule has 0 saturated carbocycles. The maximum Gasteiger partial charge on any atom is 0.195 e. The molecule has 0 atom stereocenters. The minimum Gasteiger partial charge on any atom is -0.289 e. The van der Waals surface area contributed by atoms with Crippen LogP contribution in [0, 0.1) is 0 Å². The van der Waals surface area contributed by atoms with Gasteiger partial charge < -0.3 is 0 Å². The summed E-state index contributed by atoms with van der Waals surface area (Å²) in [5.41, 5.74) is 2.89. The zero-order valence-corrected chi connectivity index (χ0v) is 12.9. The average Bonchev–Trinajstić information content (AvgIpc) is 2.52. The van der Waals surface area contributed by atoms with Crippen LogP contribution in [0.4, 0.5) is 0 Å². The highest BCUT2D eigenvalue weighted by molar-refractivity contribution is 8.04. The van der Waals surface area contributed by atoms with Gasteiger partial charge in [0.25, 0.3) is 0 Å². The fourth-order valence-electron chi connectivity index (χ4n) is 2.33. The number of ketones is 2. The van der Waals surface area contributed by atoms with E-state index < -0.39 is 0 Å². The summed E-state index contributed by atoms with van der Waals surface area (Å²) in [7, 11) is 0. The third-order valence-electron chi connectivity index (χ3n) is 3.21. The van der Waals surface area contributed by atoms with Crippen LogP contribution in [-0.4, -0.2) is 11.6 Å². The Kier molecular flexibility index (Phi) is 3.89. The van der Waals surface area contributed by atoms with E-state index in [1.807, 2.05) is 0 Å². The quantitative estimate of drug-likeness (QED) is 0.629. The summed E-state index contributed by atoms with van der Waals surface area (Å²) >= 11 is 12.6. The molecule has 2 aromatic rings. The first-order valence-corrected chi connectivity index (χ1v) is 7.71. The van der Waals surface area contributed by atoms with E-state index in [4.69, 9.17) is 23.2 Å². The van der Waals surface area contributed by atoms with Crippen LogP contribution in [0.5, 0.6) is 0 Å². The van der Waals surface area contributed by atoms with Gasteiger partial charge in [-0.05, 0) is 6.07 Å². The van der Waals surface area contributed by atoms with Crippen molar-refractivity contribution in [1.29, 1.82) is 0 Å². The van der Waals surface area contributed by atoms with Crippen LogP contribution < -0.4 is 0 Å². The molecule has 0 spiro atoms. The van der Waals surface area contributed by atoms with Gasteiger partial charge in [0.05, 0.1) is 4.36 Å². The molecule has 2 nitrogen and oxygen atoms in total. The summed E-state index contributed by atoms with van der Waals surface area (Å²) in [6.45, 7) is 0. The smallest absolute Gasteiger partial charge is 0.195 e. The molecule has 3 rings (SSSR count). The number of fused-ring (bicyclic) bond motifs is 2. The highest BCUT2D eigenvalue weighted by Gasteiger charge is 2.31. The Bertz CT molecular complexity index is 797. The largest absolute Gasteiger partial charge is 0.289 e. The van der Waals surface area contributed by atoms with Crippen molar-refractivity contribution >= 4 is 46.5 Å². The van der Waals surface area contributed by atoms with Gasteiger partial charge >= 0.3 is 0 Å². The lowest BCUT2D eigenvalue weighted by molar-refractivity contribution is 0.0977. The molecule has 1 aliphatic carbocycles. The second-order valence-electron chi connectivity index (χ2n) is 4.40. The lowest BCUT2D eigenvalue weighted by atomic mass is 9.84. The Labute approximate surface area is 135 Å². The molecule has 1 aliphatic rings. The molecule has 104 valence electrons. The SMILES string of the molecule is O=C1c2ccccc2C(=O)c2c(SC(Cl)=CCl)cccc21. The fourth-order valence-corrected chi connectivity index (χ4v) is 3.41. The van der Waals surface area contributed by atoms with Gasteiger partial charge in [0.1, 0.15) is 0 Å². The minimum absolute atomic E-state index is 0.145. The maximum atomic E-state index is 12.7. The molecule has 0 heterocycles. The first kappa shape index (κ1) is 14.4. The number of hydrogen-bond donors (Lipinski definition) is 0. The number of carbonyl (C=O) groups is 2. The van der Waals surface area contributed by atoms with Crippen molar-refractivity contribution < 1.29 is 9.59 Å². The van der Waals surface area contributed by atoms with Crippen LogP contribution in [-0.2, 0) is 0 Å². The fraction of sp³-hybridized carbons (Fsp3) is 0. The molecule has 0 radical (unpaired) electrons. The van der Waals surface area contributed by atoms with Gasteiger partial charge in [0.15, 0.2) is 11.6 Å². The Balaban J connectivity index is 2.21. The first-order valence-electron chi connectivity index (χ1n) is 6.08. The van der Waals surface area contributed by atoms with Gasteiger partial charge in [-0.2, -0.15) is 0 Å². The highest BCUT2D eigenvalue weighted by Crippen LogP contribution is 2.38. The van der Waals surface area contributed by atoms with Crippen molar-refractivity contribution in [3.8, 4) is 0 Å². The van der Waals surface area contributed by atoms with E-state index in [2.05, 4.69) is 0 Å². The second-order valence-corrected chi connectivity index (χ2v) is 6.33. The molecule has 0 N–H and O–H groups in total. The van der Waals surface area contributed by atoms with Crippen molar-refractivity contribution in [2.75, 3.05) is 0 Å². The highest BCUT2D eigenvalue weighted by atomic mass is 35.5. The Morgan fingerprint density at radius 1 is 0.905 bits per heavy atom. The summed E-state index contributed by atoms with van der Waals surface area (Å²) in [5, 5.41) is 0. The third kappa shape index (κ3) is 2.42. The Hall–Kier alpha value is -1.55. The van der Waals surface area contributed by atoms with E-state index in [1.54, 1.807) is 42.5 Å². The van der Waals surface area contributed by atoms with Gasteiger partial charge in [0.2, 0.25) is 0 Å². The van der Waals surface area contributed by atoms with E-state index in [9.17, 15) is 9.59 Å². The molecule has 21 heavy (non-hydrogen) atoms. The number of benzene rings is 2. The summed E-state index contributed by atoms with van der Waals surface area (Å²) in [5.74, 6) is -0.309. The van der Waals surface area contributed by atoms with Crippen LogP contribution in [0.3, 0.4) is 0 Å². The molecule has 5 heteroatoms. The molecular weight excluding hydrogens is 327 g/mol. The number of carbonyl (C=O) groups excluding carboxylic acids is 2. The van der Waals surface area contributed by atoms with Crippen LogP contribution in [0.1, 0.15) is 31.8 Å². The normalized spacial score (nSPS) is 13.9. The van der Waals surface area contributed by atoms with Crippen molar-refractivity contribution in [2.45, 2.75) is 4.90 Å². The lowest BCUT2D eigenvalue weighted by Gasteiger charge is -2.19. The van der Waals surface area contributed by atoms with Crippen LogP contribution in [0.25, 0.3) is 0 Å². The summed E-state index contributed by atoms with van der Waals surface area (Å²) < 4.78 is 0.337. The molecule has 0 unspecified atom stereocenters. The van der Waals surface area contributed by atoms with Crippen LogP contribution in [0.2, 0.25) is 0 Å². The molecule has 0 aromatic heterocycles. The average molecular weight is 335 g/mol. The molecule has 0 saturated heterocycles. The Morgan fingerprint density at radius 3 is 2.19 bits per heavy atom. The van der Waals surface area contributed by atoms with E-state index in [1.165, 1.54) is 5.54 Å². The van der Waals surface area contributed by atoms with Crippen molar-refractivity contribution in [3.63, 3.8) is 0 Å². The summed E-state index contributed by atoms with van der Waals surface area (Å²) in [6.07, 6.45) is 0. The number of halogens is 2. The molecule has 0 fully saturated rings. The molecule has 2 aromatic carbocycles. The first-order chi connectivity index (χ1) is 10.1. The standard InChI is InChI=1S/C16H8Cl2O2S/c17-8-13(18)21-12-7-3-6-11-14(12)16(20)10-5-2-1-4-9(10)15(11)19/h1-8H. The monoisotopic (exact) mass is 334 g/mol. The van der Waals surface area contributed by atoms with Crippen molar-refractivity contribution in [2.24, 2.45) is 0 Å². The molecule has 0 aliphatic heterocycles. The summed E-state index contributed by atoms with van der Waals surface area (Å²) in [4.78, 5) is 25.8. The number of hydrogen-bond acceptors (Lipinski definition) is 3. The predicted molar refractivity (Wildman–Crippen MR) is 85.4 cm³/mol.